The summed E-state index contributed by atoms with van der Waals surface area (Å²) in [5.41, 5.74) is 4.57. The van der Waals surface area contributed by atoms with Gasteiger partial charge in [0.2, 0.25) is 16.8 Å². The number of fused-ring (bicyclic) bond motifs is 2. The number of rotatable bonds is 5. The van der Waals surface area contributed by atoms with Crippen LogP contribution in [0.4, 0.5) is 0 Å². The fourth-order valence-corrected chi connectivity index (χ4v) is 7.90. The molecule has 0 radical (unpaired) electrons. The number of hydrogen-bond donors (Lipinski definition) is 0. The van der Waals surface area contributed by atoms with E-state index in [-0.39, 0.29) is 23.8 Å². The minimum Gasteiger partial charge on any atom is -0.466 e. The Bertz CT molecular complexity index is 1440. The highest BCUT2D eigenvalue weighted by Gasteiger charge is 2.42. The first kappa shape index (κ1) is 26.0. The molecule has 9 heteroatoms. The number of allylic oxidation sites excluding steroid dienone is 3. The van der Waals surface area contributed by atoms with Gasteiger partial charge in [-0.3, -0.25) is 0 Å². The molecule has 2 heterocycles. The second-order valence-electron chi connectivity index (χ2n) is 9.33. The summed E-state index contributed by atoms with van der Waals surface area (Å²) in [4.78, 5) is 13.0. The molecular weight excluding hydrogens is 605 g/mol. The van der Waals surface area contributed by atoms with E-state index in [1.54, 1.807) is 30.3 Å². The fourth-order valence-electron chi connectivity index (χ4n) is 5.09. The first-order valence-corrected chi connectivity index (χ1v) is 14.6. The van der Waals surface area contributed by atoms with E-state index >= 15 is 0 Å². The van der Waals surface area contributed by atoms with Crippen molar-refractivity contribution in [1.29, 1.82) is 0 Å². The monoisotopic (exact) mass is 633 g/mol. The standard InChI is InChI=1S/C28H28INO6S/c1-17-9-11-20(12-10-17)37(32,33)30-15-23(29)26(19-7-5-4-6-8-19)21-13-24-25(36-16-35-24)14-22(21)27(30)18(2)28(31)34-3/h7,9-14,27H,2,4-6,8,15-16H2,1,3H3/t27-/m0/s1. The molecule has 0 unspecified atom stereocenters. The van der Waals surface area contributed by atoms with E-state index in [4.69, 9.17) is 14.2 Å². The van der Waals surface area contributed by atoms with Gasteiger partial charge in [-0.25, -0.2) is 13.2 Å². The number of aryl methyl sites for hydroxylation is 1. The van der Waals surface area contributed by atoms with Crippen LogP contribution in [-0.4, -0.2) is 39.1 Å². The molecule has 3 aliphatic rings. The average Bonchev–Trinajstić information content (AvgIpc) is 3.31. The van der Waals surface area contributed by atoms with Crippen LogP contribution in [0.5, 0.6) is 11.5 Å². The van der Waals surface area contributed by atoms with Crippen LogP contribution in [0.1, 0.15) is 48.4 Å². The lowest BCUT2D eigenvalue weighted by atomic mass is 9.85. The predicted molar refractivity (Wildman–Crippen MR) is 149 cm³/mol. The maximum Gasteiger partial charge on any atom is 0.335 e. The van der Waals surface area contributed by atoms with Crippen molar-refractivity contribution in [2.24, 2.45) is 0 Å². The minimum atomic E-state index is -4.05. The Hall–Kier alpha value is -2.63. The van der Waals surface area contributed by atoms with E-state index in [1.807, 2.05) is 13.0 Å². The van der Waals surface area contributed by atoms with Gasteiger partial charge < -0.3 is 14.2 Å². The summed E-state index contributed by atoms with van der Waals surface area (Å²) in [6, 6.07) is 9.40. The highest BCUT2D eigenvalue weighted by Crippen LogP contribution is 2.50. The van der Waals surface area contributed by atoms with E-state index in [2.05, 4.69) is 35.2 Å². The van der Waals surface area contributed by atoms with Crippen LogP contribution < -0.4 is 9.47 Å². The third kappa shape index (κ3) is 4.72. The Kier molecular flexibility index (Phi) is 7.21. The van der Waals surface area contributed by atoms with Crippen molar-refractivity contribution in [3.63, 3.8) is 0 Å². The molecule has 0 aromatic heterocycles. The largest absolute Gasteiger partial charge is 0.466 e. The van der Waals surface area contributed by atoms with Crippen LogP contribution in [0.3, 0.4) is 0 Å². The minimum absolute atomic E-state index is 0.0291. The van der Waals surface area contributed by atoms with Gasteiger partial charge in [0.25, 0.3) is 0 Å². The molecule has 1 atom stereocenters. The van der Waals surface area contributed by atoms with E-state index in [1.165, 1.54) is 17.0 Å². The van der Waals surface area contributed by atoms with Gasteiger partial charge in [-0.15, -0.1) is 0 Å². The number of carbonyl (C=O) groups excluding carboxylic acids is 1. The highest BCUT2D eigenvalue weighted by atomic mass is 127. The number of sulfonamides is 1. The second kappa shape index (κ2) is 10.3. The Morgan fingerprint density at radius 2 is 1.84 bits per heavy atom. The zero-order chi connectivity index (χ0) is 26.3. The number of methoxy groups -OCH3 is 1. The molecule has 0 fully saturated rings. The number of esters is 1. The molecule has 0 amide bonds. The van der Waals surface area contributed by atoms with E-state index in [0.29, 0.717) is 17.1 Å². The number of hydrogen-bond acceptors (Lipinski definition) is 6. The van der Waals surface area contributed by atoms with Crippen molar-refractivity contribution < 1.29 is 27.4 Å². The van der Waals surface area contributed by atoms with Gasteiger partial charge in [-0.2, -0.15) is 4.31 Å². The molecule has 0 bridgehead atoms. The summed E-state index contributed by atoms with van der Waals surface area (Å²) in [6.07, 6.45) is 6.27. The van der Waals surface area contributed by atoms with Gasteiger partial charge in [0.05, 0.1) is 23.6 Å². The summed E-state index contributed by atoms with van der Waals surface area (Å²) in [5.74, 6) is 0.421. The zero-order valence-corrected chi connectivity index (χ0v) is 23.7. The number of benzene rings is 2. The number of halogens is 1. The topological polar surface area (TPSA) is 82.1 Å². The molecule has 37 heavy (non-hydrogen) atoms. The van der Waals surface area contributed by atoms with Gasteiger partial charge in [0.15, 0.2) is 11.5 Å². The van der Waals surface area contributed by atoms with Crippen LogP contribution in [-0.2, 0) is 19.6 Å². The van der Waals surface area contributed by atoms with Gasteiger partial charge in [-0.1, -0.05) is 30.4 Å². The molecule has 5 rings (SSSR count). The molecular formula is C28H28INO6S. The molecule has 2 aromatic carbocycles. The van der Waals surface area contributed by atoms with Crippen molar-refractivity contribution >= 4 is 44.2 Å². The lowest BCUT2D eigenvalue weighted by molar-refractivity contribution is -0.136. The van der Waals surface area contributed by atoms with Crippen LogP contribution in [0.2, 0.25) is 0 Å². The quantitative estimate of drug-likeness (QED) is 0.234. The van der Waals surface area contributed by atoms with Crippen LogP contribution in [0, 0.1) is 6.92 Å². The van der Waals surface area contributed by atoms with Crippen molar-refractivity contribution in [1.82, 2.24) is 4.31 Å². The lowest BCUT2D eigenvalue weighted by Crippen LogP contribution is -2.37. The fraction of sp³-hybridized carbons (Fsp3) is 0.321. The van der Waals surface area contributed by atoms with E-state index in [0.717, 1.165) is 46.0 Å². The first-order valence-electron chi connectivity index (χ1n) is 12.1. The molecule has 2 aromatic rings. The van der Waals surface area contributed by atoms with Gasteiger partial charge >= 0.3 is 5.97 Å². The second-order valence-corrected chi connectivity index (χ2v) is 12.5. The Morgan fingerprint density at radius 3 is 2.49 bits per heavy atom. The maximum atomic E-state index is 14.2. The third-order valence-electron chi connectivity index (χ3n) is 6.98. The highest BCUT2D eigenvalue weighted by molar-refractivity contribution is 14.1. The van der Waals surface area contributed by atoms with E-state index in [9.17, 15) is 13.2 Å². The Morgan fingerprint density at radius 1 is 1.14 bits per heavy atom. The number of ether oxygens (including phenoxy) is 3. The molecule has 194 valence electrons. The van der Waals surface area contributed by atoms with Crippen molar-refractivity contribution in [2.45, 2.75) is 43.5 Å². The zero-order valence-electron chi connectivity index (χ0n) is 20.8. The summed E-state index contributed by atoms with van der Waals surface area (Å²) in [5, 5.41) is 0. The summed E-state index contributed by atoms with van der Waals surface area (Å²) >= 11 is 2.25. The van der Waals surface area contributed by atoms with Gasteiger partial charge in [0, 0.05) is 10.1 Å². The first-order chi connectivity index (χ1) is 17.7. The number of nitrogens with zero attached hydrogens (tertiary/aromatic N) is 1. The smallest absolute Gasteiger partial charge is 0.335 e. The van der Waals surface area contributed by atoms with Crippen molar-refractivity contribution in [2.75, 3.05) is 20.4 Å². The predicted octanol–water partition coefficient (Wildman–Crippen LogP) is 5.85. The molecule has 0 saturated carbocycles. The maximum absolute atomic E-state index is 14.2. The average molecular weight is 634 g/mol. The summed E-state index contributed by atoms with van der Waals surface area (Å²) in [6.45, 7) is 6.08. The number of carbonyl (C=O) groups is 1. The Labute approximate surface area is 231 Å². The van der Waals surface area contributed by atoms with E-state index < -0.39 is 22.0 Å². The molecule has 0 spiro atoms. The van der Waals surface area contributed by atoms with Crippen LogP contribution in [0.25, 0.3) is 5.57 Å². The van der Waals surface area contributed by atoms with Crippen LogP contribution >= 0.6 is 22.6 Å². The summed E-state index contributed by atoms with van der Waals surface area (Å²) in [7, 11) is -2.78. The Balaban J connectivity index is 1.79. The van der Waals surface area contributed by atoms with Crippen molar-refractivity contribution in [3.8, 4) is 11.5 Å². The molecule has 2 aliphatic heterocycles. The lowest BCUT2D eigenvalue weighted by Gasteiger charge is -2.31. The van der Waals surface area contributed by atoms with Crippen molar-refractivity contribution in [3.05, 3.63) is 80.5 Å². The molecule has 0 N–H and O–H groups in total. The van der Waals surface area contributed by atoms with Gasteiger partial charge in [0.1, 0.15) is 0 Å². The molecule has 1 aliphatic carbocycles. The molecule has 0 saturated heterocycles. The molecule has 7 nitrogen and oxygen atoms in total. The third-order valence-corrected chi connectivity index (χ3v) is 9.69. The normalized spacial score (nSPS) is 19.6. The van der Waals surface area contributed by atoms with Crippen LogP contribution in [0.15, 0.2) is 68.7 Å². The SMILES string of the molecule is C=C(C(=O)OC)[C@H]1c2cc3c(cc2C(C2=CCCCC2)=C(I)CN1S(=O)(=O)c1ccc(C)cc1)OCO3. The van der Waals surface area contributed by atoms with Gasteiger partial charge in [-0.05, 0) is 102 Å². The summed E-state index contributed by atoms with van der Waals surface area (Å²) < 4.78 is 47.0.